The highest BCUT2D eigenvalue weighted by Crippen LogP contribution is 2.20. The van der Waals surface area contributed by atoms with Crippen molar-refractivity contribution in [2.75, 3.05) is 0 Å². The Morgan fingerprint density at radius 3 is 2.90 bits per heavy atom. The van der Waals surface area contributed by atoms with Gasteiger partial charge in [0.2, 0.25) is 0 Å². The fourth-order valence-electron chi connectivity index (χ4n) is 1.11. The van der Waals surface area contributed by atoms with Crippen LogP contribution in [0.3, 0.4) is 0 Å². The SMILES string of the molecule is C=C(C)C1C=CC(=O)CC1. The Balaban J connectivity index is 2.61. The Labute approximate surface area is 61.4 Å². The van der Waals surface area contributed by atoms with E-state index in [4.69, 9.17) is 0 Å². The third-order valence-corrected chi connectivity index (χ3v) is 1.85. The number of hydrogen-bond acceptors (Lipinski definition) is 1. The summed E-state index contributed by atoms with van der Waals surface area (Å²) in [4.78, 5) is 10.7. The minimum absolute atomic E-state index is 0.248. The minimum Gasteiger partial charge on any atom is -0.295 e. The first-order chi connectivity index (χ1) is 4.70. The predicted octanol–water partition coefficient (Wildman–Crippen LogP) is 2.10. The van der Waals surface area contributed by atoms with E-state index in [9.17, 15) is 4.79 Å². The Morgan fingerprint density at radius 1 is 1.80 bits per heavy atom. The molecule has 0 bridgehead atoms. The Kier molecular flexibility index (Phi) is 2.05. The molecule has 1 aliphatic rings. The Bertz CT molecular complexity index is 189. The molecule has 54 valence electrons. The normalized spacial score (nSPS) is 24.9. The summed E-state index contributed by atoms with van der Waals surface area (Å²) in [5.74, 6) is 0.690. The zero-order valence-corrected chi connectivity index (χ0v) is 6.26. The third-order valence-electron chi connectivity index (χ3n) is 1.85. The monoisotopic (exact) mass is 136 g/mol. The summed E-state index contributed by atoms with van der Waals surface area (Å²) in [6.07, 6.45) is 5.26. The first-order valence-corrected chi connectivity index (χ1v) is 3.56. The molecule has 1 nitrogen and oxygen atoms in total. The summed E-state index contributed by atoms with van der Waals surface area (Å²) in [7, 11) is 0. The van der Waals surface area contributed by atoms with Gasteiger partial charge >= 0.3 is 0 Å². The smallest absolute Gasteiger partial charge is 0.155 e. The van der Waals surface area contributed by atoms with Crippen LogP contribution in [-0.4, -0.2) is 5.78 Å². The lowest BCUT2D eigenvalue weighted by Crippen LogP contribution is -2.07. The van der Waals surface area contributed by atoms with Crippen molar-refractivity contribution < 1.29 is 4.79 Å². The number of allylic oxidation sites excluding steroid dienone is 3. The summed E-state index contributed by atoms with van der Waals surface area (Å²) in [6, 6.07) is 0. The number of ketones is 1. The molecule has 1 aliphatic carbocycles. The van der Waals surface area contributed by atoms with Gasteiger partial charge in [-0.3, -0.25) is 4.79 Å². The summed E-state index contributed by atoms with van der Waals surface area (Å²) < 4.78 is 0. The zero-order valence-electron chi connectivity index (χ0n) is 6.26. The van der Waals surface area contributed by atoms with Gasteiger partial charge in [-0.2, -0.15) is 0 Å². The molecule has 1 unspecified atom stereocenters. The first kappa shape index (κ1) is 7.26. The van der Waals surface area contributed by atoms with Crippen molar-refractivity contribution in [1.29, 1.82) is 0 Å². The number of rotatable bonds is 1. The molecule has 0 amide bonds. The quantitative estimate of drug-likeness (QED) is 0.504. The van der Waals surface area contributed by atoms with Gasteiger partial charge in [-0.25, -0.2) is 0 Å². The van der Waals surface area contributed by atoms with Crippen LogP contribution >= 0.6 is 0 Å². The van der Waals surface area contributed by atoms with Crippen LogP contribution in [0.15, 0.2) is 24.3 Å². The van der Waals surface area contributed by atoms with E-state index in [0.29, 0.717) is 12.3 Å². The van der Waals surface area contributed by atoms with Gasteiger partial charge in [0, 0.05) is 6.42 Å². The van der Waals surface area contributed by atoms with Crippen LogP contribution in [0.2, 0.25) is 0 Å². The number of carbonyl (C=O) groups is 1. The van der Waals surface area contributed by atoms with Gasteiger partial charge in [-0.1, -0.05) is 18.2 Å². The largest absolute Gasteiger partial charge is 0.295 e. The molecule has 0 radical (unpaired) electrons. The van der Waals surface area contributed by atoms with Crippen LogP contribution < -0.4 is 0 Å². The standard InChI is InChI=1S/C9H12O/c1-7(2)8-3-5-9(10)6-4-8/h3,5,8H,1,4,6H2,2H3. The van der Waals surface area contributed by atoms with Crippen molar-refractivity contribution in [3.8, 4) is 0 Å². The second-order valence-electron chi connectivity index (χ2n) is 2.82. The number of carbonyl (C=O) groups excluding carboxylic acids is 1. The van der Waals surface area contributed by atoms with Crippen LogP contribution in [0.4, 0.5) is 0 Å². The van der Waals surface area contributed by atoms with Gasteiger partial charge in [0.25, 0.3) is 0 Å². The maximum atomic E-state index is 10.7. The molecule has 0 spiro atoms. The molecule has 1 atom stereocenters. The van der Waals surface area contributed by atoms with E-state index in [-0.39, 0.29) is 5.78 Å². The second kappa shape index (κ2) is 2.82. The van der Waals surface area contributed by atoms with Gasteiger partial charge in [0.15, 0.2) is 5.78 Å². The molecule has 0 saturated carbocycles. The van der Waals surface area contributed by atoms with Crippen molar-refractivity contribution in [2.45, 2.75) is 19.8 Å². The van der Waals surface area contributed by atoms with Gasteiger partial charge in [0.05, 0.1) is 0 Å². The van der Waals surface area contributed by atoms with Crippen molar-refractivity contribution in [3.63, 3.8) is 0 Å². The highest BCUT2D eigenvalue weighted by atomic mass is 16.1. The average molecular weight is 136 g/mol. The molecule has 0 aromatic heterocycles. The molecule has 0 heterocycles. The van der Waals surface area contributed by atoms with Gasteiger partial charge in [0.1, 0.15) is 0 Å². The second-order valence-corrected chi connectivity index (χ2v) is 2.82. The van der Waals surface area contributed by atoms with Gasteiger partial charge < -0.3 is 0 Å². The van der Waals surface area contributed by atoms with Crippen molar-refractivity contribution in [3.05, 3.63) is 24.3 Å². The average Bonchev–Trinajstić information content (AvgIpc) is 1.88. The topological polar surface area (TPSA) is 17.1 Å². The minimum atomic E-state index is 0.248. The highest BCUT2D eigenvalue weighted by molar-refractivity contribution is 5.90. The van der Waals surface area contributed by atoms with Crippen LogP contribution in [0.1, 0.15) is 19.8 Å². The maximum Gasteiger partial charge on any atom is 0.155 e. The Morgan fingerprint density at radius 2 is 2.50 bits per heavy atom. The van der Waals surface area contributed by atoms with Crippen molar-refractivity contribution in [1.82, 2.24) is 0 Å². The molecule has 1 heteroatoms. The fraction of sp³-hybridized carbons (Fsp3) is 0.444. The van der Waals surface area contributed by atoms with E-state index in [1.807, 2.05) is 13.0 Å². The summed E-state index contributed by atoms with van der Waals surface area (Å²) in [5.41, 5.74) is 1.16. The van der Waals surface area contributed by atoms with E-state index in [1.165, 1.54) is 0 Å². The predicted molar refractivity (Wildman–Crippen MR) is 41.7 cm³/mol. The summed E-state index contributed by atoms with van der Waals surface area (Å²) >= 11 is 0. The highest BCUT2D eigenvalue weighted by Gasteiger charge is 2.12. The molecule has 0 aromatic carbocycles. The molecule has 0 aromatic rings. The summed E-state index contributed by atoms with van der Waals surface area (Å²) in [6.45, 7) is 5.85. The van der Waals surface area contributed by atoms with Crippen molar-refractivity contribution in [2.24, 2.45) is 5.92 Å². The lowest BCUT2D eigenvalue weighted by Gasteiger charge is -2.14. The third kappa shape index (κ3) is 1.56. The van der Waals surface area contributed by atoms with E-state index in [2.05, 4.69) is 6.58 Å². The maximum absolute atomic E-state index is 10.7. The van der Waals surface area contributed by atoms with Crippen LogP contribution in [0, 0.1) is 5.92 Å². The summed E-state index contributed by atoms with van der Waals surface area (Å²) in [5, 5.41) is 0. The zero-order chi connectivity index (χ0) is 7.56. The van der Waals surface area contributed by atoms with E-state index in [0.717, 1.165) is 12.0 Å². The Hall–Kier alpha value is -0.850. The molecule has 10 heavy (non-hydrogen) atoms. The molecular formula is C9H12O. The molecule has 0 fully saturated rings. The van der Waals surface area contributed by atoms with Gasteiger partial charge in [-0.05, 0) is 25.3 Å². The molecule has 0 N–H and O–H groups in total. The number of hydrogen-bond donors (Lipinski definition) is 0. The molecule has 0 saturated heterocycles. The lowest BCUT2D eigenvalue weighted by molar-refractivity contribution is -0.115. The van der Waals surface area contributed by atoms with Crippen LogP contribution in [-0.2, 0) is 4.79 Å². The first-order valence-electron chi connectivity index (χ1n) is 3.56. The fourth-order valence-corrected chi connectivity index (χ4v) is 1.11. The van der Waals surface area contributed by atoms with E-state index in [1.54, 1.807) is 6.08 Å². The van der Waals surface area contributed by atoms with Crippen LogP contribution in [0.5, 0.6) is 0 Å². The molecule has 1 rings (SSSR count). The molecular weight excluding hydrogens is 124 g/mol. The van der Waals surface area contributed by atoms with E-state index >= 15 is 0 Å². The molecule has 0 aliphatic heterocycles. The van der Waals surface area contributed by atoms with Crippen LogP contribution in [0.25, 0.3) is 0 Å². The van der Waals surface area contributed by atoms with Gasteiger partial charge in [-0.15, -0.1) is 0 Å². The van der Waals surface area contributed by atoms with Crippen molar-refractivity contribution >= 4 is 5.78 Å². The van der Waals surface area contributed by atoms with E-state index < -0.39 is 0 Å². The lowest BCUT2D eigenvalue weighted by atomic mass is 9.90.